The second-order valence-corrected chi connectivity index (χ2v) is 11.3. The third kappa shape index (κ3) is 6.07. The maximum atomic E-state index is 13.5. The summed E-state index contributed by atoms with van der Waals surface area (Å²) in [6, 6.07) is 4.26. The Labute approximate surface area is 197 Å². The Hall–Kier alpha value is -2.12. The highest BCUT2D eigenvalue weighted by Gasteiger charge is 2.39. The highest BCUT2D eigenvalue weighted by Crippen LogP contribution is 2.35. The molecule has 1 aromatic carbocycles. The highest BCUT2D eigenvalue weighted by atomic mass is 32.2. The third-order valence-electron chi connectivity index (χ3n) is 6.05. The molecule has 1 amide bonds. The Morgan fingerprint density at radius 1 is 1.30 bits per heavy atom. The van der Waals surface area contributed by atoms with E-state index in [9.17, 15) is 18.3 Å². The molecule has 0 saturated heterocycles. The molecule has 182 valence electrons. The van der Waals surface area contributed by atoms with Crippen molar-refractivity contribution in [3.8, 4) is 17.6 Å². The van der Waals surface area contributed by atoms with Gasteiger partial charge in [0.1, 0.15) is 16.7 Å². The van der Waals surface area contributed by atoms with E-state index in [0.29, 0.717) is 18.7 Å². The molecule has 0 unspecified atom stereocenters. The number of aliphatic hydroxyl groups is 1. The van der Waals surface area contributed by atoms with Crippen LogP contribution in [0.2, 0.25) is 0 Å². The maximum Gasteiger partial charge on any atom is 0.247 e. The highest BCUT2D eigenvalue weighted by molar-refractivity contribution is 7.89. The molecule has 1 aliphatic heterocycles. The van der Waals surface area contributed by atoms with Gasteiger partial charge in [0.2, 0.25) is 15.9 Å². The third-order valence-corrected chi connectivity index (χ3v) is 8.07. The van der Waals surface area contributed by atoms with Crippen LogP contribution in [0.3, 0.4) is 0 Å². The number of rotatable bonds is 6. The van der Waals surface area contributed by atoms with Gasteiger partial charge >= 0.3 is 0 Å². The van der Waals surface area contributed by atoms with E-state index in [2.05, 4.69) is 11.8 Å². The van der Waals surface area contributed by atoms with E-state index in [1.54, 1.807) is 31.0 Å². The van der Waals surface area contributed by atoms with E-state index in [-0.39, 0.29) is 41.5 Å². The Bertz CT molecular complexity index is 1030. The van der Waals surface area contributed by atoms with Crippen LogP contribution in [0.15, 0.2) is 23.1 Å². The molecule has 3 rings (SSSR count). The van der Waals surface area contributed by atoms with E-state index in [1.807, 2.05) is 25.9 Å². The van der Waals surface area contributed by atoms with Crippen LogP contribution >= 0.6 is 0 Å². The van der Waals surface area contributed by atoms with Gasteiger partial charge < -0.3 is 14.7 Å². The first kappa shape index (κ1) is 25.5. The summed E-state index contributed by atoms with van der Waals surface area (Å²) in [5.41, 5.74) is 0.655. The monoisotopic (exact) mass is 477 g/mol. The number of ether oxygens (including phenoxy) is 1. The lowest BCUT2D eigenvalue weighted by molar-refractivity contribution is -0.132. The molecule has 0 aromatic heterocycles. The molecule has 2 aliphatic rings. The van der Waals surface area contributed by atoms with Gasteiger partial charge in [-0.15, -0.1) is 0 Å². The maximum absolute atomic E-state index is 13.5. The number of nitrogens with zero attached hydrogens (tertiary/aromatic N) is 3. The first-order chi connectivity index (χ1) is 15.5. The minimum atomic E-state index is -3.90. The van der Waals surface area contributed by atoms with Gasteiger partial charge in [-0.05, 0) is 52.1 Å². The summed E-state index contributed by atoms with van der Waals surface area (Å²) in [6.07, 6.45) is 1.43. The fourth-order valence-corrected chi connectivity index (χ4v) is 5.65. The van der Waals surface area contributed by atoms with Gasteiger partial charge in [-0.25, -0.2) is 8.42 Å². The van der Waals surface area contributed by atoms with Gasteiger partial charge in [0, 0.05) is 37.0 Å². The Morgan fingerprint density at radius 3 is 2.61 bits per heavy atom. The average molecular weight is 478 g/mol. The molecule has 1 N–H and O–H groups in total. The van der Waals surface area contributed by atoms with Crippen molar-refractivity contribution in [3.05, 3.63) is 23.8 Å². The van der Waals surface area contributed by atoms with E-state index in [4.69, 9.17) is 4.74 Å². The SMILES string of the molecule is C[C@@H]1CN([C@H](C)CO)S(=O)(=O)c2ccc(C#CCN(C)C)cc2O[C@@H]1CN(C)C(=O)C1CC1. The molecule has 0 bridgehead atoms. The van der Waals surface area contributed by atoms with Crippen LogP contribution in [0.4, 0.5) is 0 Å². The first-order valence-corrected chi connectivity index (χ1v) is 12.8. The summed E-state index contributed by atoms with van der Waals surface area (Å²) in [6.45, 7) is 4.42. The zero-order valence-electron chi connectivity index (χ0n) is 20.1. The number of benzene rings is 1. The van der Waals surface area contributed by atoms with Crippen LogP contribution in [-0.4, -0.2) is 93.1 Å². The molecule has 1 heterocycles. The molecule has 1 aliphatic carbocycles. The lowest BCUT2D eigenvalue weighted by Crippen LogP contribution is -2.50. The quantitative estimate of drug-likeness (QED) is 0.620. The zero-order valence-corrected chi connectivity index (χ0v) is 20.9. The number of aliphatic hydroxyl groups excluding tert-OH is 1. The molecule has 3 atom stereocenters. The normalized spacial score (nSPS) is 23.4. The molecule has 0 spiro atoms. The lowest BCUT2D eigenvalue weighted by Gasteiger charge is -2.37. The van der Waals surface area contributed by atoms with Crippen molar-refractivity contribution in [3.63, 3.8) is 0 Å². The van der Waals surface area contributed by atoms with Crippen LogP contribution < -0.4 is 4.74 Å². The van der Waals surface area contributed by atoms with Crippen molar-refractivity contribution in [1.29, 1.82) is 0 Å². The summed E-state index contributed by atoms with van der Waals surface area (Å²) < 4.78 is 34.6. The molecule has 1 fully saturated rings. The number of carbonyl (C=O) groups is 1. The van der Waals surface area contributed by atoms with Gasteiger partial charge in [-0.1, -0.05) is 18.8 Å². The predicted octanol–water partition coefficient (Wildman–Crippen LogP) is 1.24. The van der Waals surface area contributed by atoms with Crippen molar-refractivity contribution in [2.24, 2.45) is 11.8 Å². The summed E-state index contributed by atoms with van der Waals surface area (Å²) in [5, 5.41) is 9.74. The topological polar surface area (TPSA) is 90.4 Å². The van der Waals surface area contributed by atoms with E-state index < -0.39 is 22.2 Å². The summed E-state index contributed by atoms with van der Waals surface area (Å²) in [7, 11) is 1.72. The molecular weight excluding hydrogens is 442 g/mol. The number of hydrogen-bond acceptors (Lipinski definition) is 6. The van der Waals surface area contributed by atoms with E-state index in [1.165, 1.54) is 10.4 Å². The number of carbonyl (C=O) groups excluding carboxylic acids is 1. The fourth-order valence-electron chi connectivity index (χ4n) is 3.82. The summed E-state index contributed by atoms with van der Waals surface area (Å²) >= 11 is 0. The number of likely N-dealkylation sites (N-methyl/N-ethyl adjacent to an activating group) is 1. The van der Waals surface area contributed by atoms with Gasteiger partial charge in [0.25, 0.3) is 0 Å². The van der Waals surface area contributed by atoms with E-state index >= 15 is 0 Å². The molecule has 1 aromatic rings. The molecular formula is C24H35N3O5S. The average Bonchev–Trinajstić information content (AvgIpc) is 3.60. The molecule has 1 saturated carbocycles. The molecule has 8 nitrogen and oxygen atoms in total. The Kier molecular flexibility index (Phi) is 8.06. The van der Waals surface area contributed by atoms with Crippen LogP contribution in [0.1, 0.15) is 32.3 Å². The second kappa shape index (κ2) is 10.4. The van der Waals surface area contributed by atoms with E-state index in [0.717, 1.165) is 12.8 Å². The van der Waals surface area contributed by atoms with Crippen LogP contribution in [-0.2, 0) is 14.8 Å². The van der Waals surface area contributed by atoms with Gasteiger partial charge in [-0.2, -0.15) is 4.31 Å². The Morgan fingerprint density at radius 2 is 2.00 bits per heavy atom. The fraction of sp³-hybridized carbons (Fsp3) is 0.625. The van der Waals surface area contributed by atoms with Crippen molar-refractivity contribution >= 4 is 15.9 Å². The zero-order chi connectivity index (χ0) is 24.3. The van der Waals surface area contributed by atoms with Crippen molar-refractivity contribution in [1.82, 2.24) is 14.1 Å². The van der Waals surface area contributed by atoms with Crippen LogP contribution in [0.25, 0.3) is 0 Å². The lowest BCUT2D eigenvalue weighted by atomic mass is 10.0. The minimum Gasteiger partial charge on any atom is -0.487 e. The van der Waals surface area contributed by atoms with Gasteiger partial charge in [0.15, 0.2) is 0 Å². The second-order valence-electron chi connectivity index (χ2n) is 9.43. The minimum absolute atomic E-state index is 0.0500. The standard InChI is InChI=1S/C24H35N3O5S/c1-17-14-27(18(2)16-28)33(30,31)23-11-8-19(7-6-12-25(3)4)13-21(23)32-22(17)15-26(5)24(29)20-9-10-20/h8,11,13,17-18,20,22,28H,9-10,12,14-16H2,1-5H3/t17-,18-,22-/m1/s1. The molecule has 9 heteroatoms. The largest absolute Gasteiger partial charge is 0.487 e. The Balaban J connectivity index is 2.00. The number of sulfonamides is 1. The number of amides is 1. The van der Waals surface area contributed by atoms with Gasteiger partial charge in [-0.3, -0.25) is 9.69 Å². The number of fused-ring (bicyclic) bond motifs is 1. The van der Waals surface area contributed by atoms with Crippen molar-refractivity contribution in [2.45, 2.75) is 43.7 Å². The first-order valence-electron chi connectivity index (χ1n) is 11.4. The smallest absolute Gasteiger partial charge is 0.247 e. The summed E-state index contributed by atoms with van der Waals surface area (Å²) in [5.74, 6) is 6.33. The molecule has 0 radical (unpaired) electrons. The van der Waals surface area contributed by atoms with Crippen LogP contribution in [0.5, 0.6) is 5.75 Å². The molecule has 33 heavy (non-hydrogen) atoms. The predicted molar refractivity (Wildman–Crippen MR) is 126 cm³/mol. The van der Waals surface area contributed by atoms with Gasteiger partial charge in [0.05, 0.1) is 19.7 Å². The van der Waals surface area contributed by atoms with Crippen molar-refractivity contribution in [2.75, 3.05) is 47.4 Å². The van der Waals surface area contributed by atoms with Crippen molar-refractivity contribution < 1.29 is 23.1 Å². The van der Waals surface area contributed by atoms with Crippen LogP contribution in [0, 0.1) is 23.7 Å². The summed E-state index contributed by atoms with van der Waals surface area (Å²) in [4.78, 5) is 16.2. The number of hydrogen-bond donors (Lipinski definition) is 1.